The first-order valence-corrected chi connectivity index (χ1v) is 7.18. The number of hydrogen-bond acceptors (Lipinski definition) is 2. The highest BCUT2D eigenvalue weighted by molar-refractivity contribution is 7.99. The van der Waals surface area contributed by atoms with E-state index in [0.29, 0.717) is 0 Å². The molecule has 0 saturated carbocycles. The molecule has 0 aromatic heterocycles. The van der Waals surface area contributed by atoms with Gasteiger partial charge in [-0.25, -0.2) is 4.39 Å². The molecule has 3 heteroatoms. The molecular formula is C16H18FNS. The van der Waals surface area contributed by atoms with E-state index in [9.17, 15) is 4.39 Å². The summed E-state index contributed by atoms with van der Waals surface area (Å²) in [7, 11) is 0. The van der Waals surface area contributed by atoms with Crippen molar-refractivity contribution in [2.45, 2.75) is 30.0 Å². The Hall–Kier alpha value is -1.32. The van der Waals surface area contributed by atoms with E-state index in [2.05, 4.69) is 25.1 Å². The Morgan fingerprint density at radius 2 is 1.84 bits per heavy atom. The molecule has 0 bridgehead atoms. The van der Waals surface area contributed by atoms with Crippen LogP contribution in [0.1, 0.15) is 23.3 Å². The number of halogens is 1. The number of hydrogen-bond donors (Lipinski definition) is 1. The lowest BCUT2D eigenvalue weighted by atomic mass is 10.0. The molecule has 1 nitrogen and oxygen atoms in total. The summed E-state index contributed by atoms with van der Waals surface area (Å²) in [6.45, 7) is 4.05. The molecule has 0 amide bonds. The molecule has 0 saturated heterocycles. The van der Waals surface area contributed by atoms with Crippen LogP contribution in [0, 0.1) is 12.7 Å². The standard InChI is InChI=1S/C16H18FNS/c1-11-5-3-6-13(9-11)16(12(2)18)19-15-8-4-7-14(17)10-15/h3-10,12,16H,18H2,1-2H3. The van der Waals surface area contributed by atoms with Crippen LogP contribution >= 0.6 is 11.8 Å². The fourth-order valence-corrected chi connectivity index (χ4v) is 3.14. The molecule has 19 heavy (non-hydrogen) atoms. The molecule has 2 aromatic rings. The zero-order valence-electron chi connectivity index (χ0n) is 11.1. The SMILES string of the molecule is Cc1cccc(C(Sc2cccc(F)c2)C(C)N)c1. The van der Waals surface area contributed by atoms with Crippen LogP contribution in [0.15, 0.2) is 53.4 Å². The van der Waals surface area contributed by atoms with Gasteiger partial charge in [-0.2, -0.15) is 0 Å². The number of aryl methyl sites for hydroxylation is 1. The van der Waals surface area contributed by atoms with E-state index in [1.165, 1.54) is 17.2 Å². The van der Waals surface area contributed by atoms with E-state index >= 15 is 0 Å². The maximum Gasteiger partial charge on any atom is 0.124 e. The summed E-state index contributed by atoms with van der Waals surface area (Å²) in [6.07, 6.45) is 0. The number of rotatable bonds is 4. The average Bonchev–Trinajstić information content (AvgIpc) is 2.35. The van der Waals surface area contributed by atoms with Crippen molar-refractivity contribution < 1.29 is 4.39 Å². The first kappa shape index (κ1) is 14.1. The maximum absolute atomic E-state index is 13.2. The van der Waals surface area contributed by atoms with Crippen molar-refractivity contribution in [3.63, 3.8) is 0 Å². The van der Waals surface area contributed by atoms with Crippen molar-refractivity contribution in [2.24, 2.45) is 5.73 Å². The Kier molecular flexibility index (Phi) is 4.61. The van der Waals surface area contributed by atoms with Crippen molar-refractivity contribution in [2.75, 3.05) is 0 Å². The van der Waals surface area contributed by atoms with Crippen LogP contribution in [-0.2, 0) is 0 Å². The molecule has 2 N–H and O–H groups in total. The quantitative estimate of drug-likeness (QED) is 0.841. The van der Waals surface area contributed by atoms with Gasteiger partial charge in [0.2, 0.25) is 0 Å². The molecule has 0 radical (unpaired) electrons. The van der Waals surface area contributed by atoms with Gasteiger partial charge < -0.3 is 5.73 Å². The monoisotopic (exact) mass is 275 g/mol. The third-order valence-corrected chi connectivity index (χ3v) is 4.39. The second-order valence-electron chi connectivity index (χ2n) is 4.77. The highest BCUT2D eigenvalue weighted by atomic mass is 32.2. The zero-order valence-corrected chi connectivity index (χ0v) is 12.0. The van der Waals surface area contributed by atoms with Gasteiger partial charge in [0.05, 0.1) is 0 Å². The largest absolute Gasteiger partial charge is 0.327 e. The van der Waals surface area contributed by atoms with E-state index in [0.717, 1.165) is 4.90 Å². The molecule has 2 atom stereocenters. The minimum atomic E-state index is -0.210. The molecule has 2 unspecified atom stereocenters. The normalized spacial score (nSPS) is 14.1. The summed E-state index contributed by atoms with van der Waals surface area (Å²) in [5.74, 6) is -0.210. The van der Waals surface area contributed by atoms with Crippen LogP contribution in [0.4, 0.5) is 4.39 Å². The van der Waals surface area contributed by atoms with E-state index in [1.807, 2.05) is 19.1 Å². The Balaban J connectivity index is 2.26. The summed E-state index contributed by atoms with van der Waals surface area (Å²) in [4.78, 5) is 0.906. The van der Waals surface area contributed by atoms with Crippen LogP contribution in [0.25, 0.3) is 0 Å². The Morgan fingerprint density at radius 3 is 2.47 bits per heavy atom. The van der Waals surface area contributed by atoms with Crippen molar-refractivity contribution in [1.82, 2.24) is 0 Å². The predicted octanol–water partition coefficient (Wildman–Crippen LogP) is 4.31. The first-order valence-electron chi connectivity index (χ1n) is 6.30. The maximum atomic E-state index is 13.2. The third-order valence-electron chi connectivity index (χ3n) is 2.91. The molecule has 0 aliphatic heterocycles. The Bertz CT molecular complexity index is 554. The molecule has 0 fully saturated rings. The molecule has 100 valence electrons. The fraction of sp³-hybridized carbons (Fsp3) is 0.250. The zero-order chi connectivity index (χ0) is 13.8. The molecule has 0 heterocycles. The number of thioether (sulfide) groups is 1. The minimum Gasteiger partial charge on any atom is -0.327 e. The van der Waals surface area contributed by atoms with Gasteiger partial charge in [0.25, 0.3) is 0 Å². The minimum absolute atomic E-state index is 0.00457. The average molecular weight is 275 g/mol. The van der Waals surface area contributed by atoms with Crippen LogP contribution in [0.5, 0.6) is 0 Å². The molecule has 0 spiro atoms. The van der Waals surface area contributed by atoms with Crippen molar-refractivity contribution in [1.29, 1.82) is 0 Å². The fourth-order valence-electron chi connectivity index (χ4n) is 2.01. The van der Waals surface area contributed by atoms with E-state index in [4.69, 9.17) is 5.73 Å². The summed E-state index contributed by atoms with van der Waals surface area (Å²) < 4.78 is 13.2. The summed E-state index contributed by atoms with van der Waals surface area (Å²) in [5, 5.41) is 0.127. The molecule has 0 aliphatic rings. The van der Waals surface area contributed by atoms with Crippen molar-refractivity contribution in [3.05, 3.63) is 65.5 Å². The van der Waals surface area contributed by atoms with Gasteiger partial charge in [0.15, 0.2) is 0 Å². The molecule has 2 aromatic carbocycles. The van der Waals surface area contributed by atoms with E-state index < -0.39 is 0 Å². The molecule has 0 aliphatic carbocycles. The van der Waals surface area contributed by atoms with E-state index in [-0.39, 0.29) is 17.1 Å². The highest BCUT2D eigenvalue weighted by Gasteiger charge is 2.18. The lowest BCUT2D eigenvalue weighted by molar-refractivity contribution is 0.624. The topological polar surface area (TPSA) is 26.0 Å². The second-order valence-corrected chi connectivity index (χ2v) is 5.98. The Morgan fingerprint density at radius 1 is 1.11 bits per heavy atom. The van der Waals surface area contributed by atoms with E-state index in [1.54, 1.807) is 23.9 Å². The van der Waals surface area contributed by atoms with Gasteiger partial charge in [-0.15, -0.1) is 11.8 Å². The van der Waals surface area contributed by atoms with Crippen molar-refractivity contribution >= 4 is 11.8 Å². The summed E-state index contributed by atoms with van der Waals surface area (Å²) >= 11 is 1.61. The van der Waals surface area contributed by atoms with Gasteiger partial charge in [0.1, 0.15) is 5.82 Å². The van der Waals surface area contributed by atoms with Crippen LogP contribution < -0.4 is 5.73 Å². The van der Waals surface area contributed by atoms with Crippen LogP contribution in [0.3, 0.4) is 0 Å². The smallest absolute Gasteiger partial charge is 0.124 e. The van der Waals surface area contributed by atoms with Crippen LogP contribution in [0.2, 0.25) is 0 Å². The van der Waals surface area contributed by atoms with Crippen molar-refractivity contribution in [3.8, 4) is 0 Å². The molecule has 2 rings (SSSR count). The predicted molar refractivity (Wildman–Crippen MR) is 79.8 cm³/mol. The van der Waals surface area contributed by atoms with Gasteiger partial charge in [0, 0.05) is 16.2 Å². The summed E-state index contributed by atoms with van der Waals surface area (Å²) in [5.41, 5.74) is 8.49. The third kappa shape index (κ3) is 3.82. The number of nitrogens with two attached hydrogens (primary N) is 1. The molecular weight excluding hydrogens is 257 g/mol. The van der Waals surface area contributed by atoms with Gasteiger partial charge in [-0.05, 0) is 37.6 Å². The van der Waals surface area contributed by atoms with Gasteiger partial charge in [-0.3, -0.25) is 0 Å². The van der Waals surface area contributed by atoms with Gasteiger partial charge >= 0.3 is 0 Å². The lowest BCUT2D eigenvalue weighted by Gasteiger charge is -2.21. The van der Waals surface area contributed by atoms with Crippen LogP contribution in [-0.4, -0.2) is 6.04 Å². The Labute approximate surface area is 118 Å². The lowest BCUT2D eigenvalue weighted by Crippen LogP contribution is -2.22. The highest BCUT2D eigenvalue weighted by Crippen LogP contribution is 2.37. The second kappa shape index (κ2) is 6.22. The number of benzene rings is 2. The summed E-state index contributed by atoms with van der Waals surface area (Å²) in [6, 6.07) is 15.0. The first-order chi connectivity index (χ1) is 9.06. The van der Waals surface area contributed by atoms with Gasteiger partial charge in [-0.1, -0.05) is 35.9 Å².